The maximum atomic E-state index is 14.2. The van der Waals surface area contributed by atoms with Gasteiger partial charge in [-0.1, -0.05) is 61.2 Å². The van der Waals surface area contributed by atoms with Crippen molar-refractivity contribution in [3.8, 4) is 0 Å². The number of ketones is 3. The average molecular weight is 1000 g/mol. The molecule has 6 aromatic rings. The van der Waals surface area contributed by atoms with Crippen LogP contribution in [0.4, 0.5) is 17.1 Å². The van der Waals surface area contributed by atoms with E-state index >= 15 is 0 Å². The van der Waals surface area contributed by atoms with Gasteiger partial charge in [0.25, 0.3) is 23.6 Å². The number of sulfone groups is 1. The highest BCUT2D eigenvalue weighted by Crippen LogP contribution is 2.28. The first-order valence-corrected chi connectivity index (χ1v) is 23.5. The Balaban J connectivity index is 1.24. The van der Waals surface area contributed by atoms with Gasteiger partial charge in [0.1, 0.15) is 0 Å². The summed E-state index contributed by atoms with van der Waals surface area (Å²) in [6.07, 6.45) is 0. The fraction of sp³-hybridized carbons (Fsp3) is 0.109. The number of carbonyl (C=O) groups is 9. The number of benzene rings is 6. The summed E-state index contributed by atoms with van der Waals surface area (Å²) in [5.41, 5.74) is 0.947. The number of anilines is 3. The fourth-order valence-corrected chi connectivity index (χ4v) is 8.13. The van der Waals surface area contributed by atoms with Gasteiger partial charge in [-0.25, -0.2) is 18.0 Å². The van der Waals surface area contributed by atoms with Gasteiger partial charge in [-0.15, -0.1) is 0 Å². The number of amides is 4. The largest absolute Gasteiger partial charge is 0.454 e. The number of aryl methyl sites for hydroxylation is 1. The zero-order valence-electron chi connectivity index (χ0n) is 39.7. The normalized spacial score (nSPS) is 10.7. The highest BCUT2D eigenvalue weighted by atomic mass is 32.2. The van der Waals surface area contributed by atoms with Crippen LogP contribution in [0, 0.1) is 6.92 Å². The molecule has 0 unspecified atom stereocenters. The predicted molar refractivity (Wildman–Crippen MR) is 270 cm³/mol. The van der Waals surface area contributed by atoms with E-state index in [4.69, 9.17) is 9.47 Å². The topological polar surface area (TPSA) is 254 Å². The Labute approximate surface area is 419 Å². The van der Waals surface area contributed by atoms with E-state index in [9.17, 15) is 51.6 Å². The van der Waals surface area contributed by atoms with Crippen LogP contribution in [-0.4, -0.2) is 81.6 Å². The van der Waals surface area contributed by atoms with Crippen molar-refractivity contribution in [2.24, 2.45) is 0 Å². The summed E-state index contributed by atoms with van der Waals surface area (Å²) in [5, 5.41) is 10.4. The molecule has 0 saturated carbocycles. The first-order valence-electron chi connectivity index (χ1n) is 22.0. The Morgan fingerprint density at radius 1 is 0.466 bits per heavy atom. The standard InChI is InChI=1S/C55H46N4O13S/c1-31(2)47(60)29-71-54(67)43-21-19-41(27-45(43)52(65)56-6)73(69,70)42-20-22-44(55(68)72-30-48(61)32(3)4)46(28-42)53(66)59-40-18-10-15-37(26-40)51(64)58-39-17-9-13-35(25-39)49(62)34-12-8-16-38(24-34)57-50(63)36-14-7-11-33(5)23-36/h7-28H,1,3,29-30H2,2,4-6H3,(H,56,65)(H,57,63)(H,58,64)(H,59,66). The summed E-state index contributed by atoms with van der Waals surface area (Å²) in [4.78, 5) is 117. The summed E-state index contributed by atoms with van der Waals surface area (Å²) >= 11 is 0. The van der Waals surface area contributed by atoms with Crippen LogP contribution >= 0.6 is 0 Å². The molecule has 0 fully saturated rings. The van der Waals surface area contributed by atoms with Crippen molar-refractivity contribution in [2.45, 2.75) is 30.6 Å². The lowest BCUT2D eigenvalue weighted by Gasteiger charge is -2.14. The molecule has 18 heteroatoms. The number of Topliss-reactive ketones (excluding diaryl/α,β-unsaturated/α-hetero) is 2. The zero-order chi connectivity index (χ0) is 53.1. The van der Waals surface area contributed by atoms with Crippen LogP contribution in [0.5, 0.6) is 0 Å². The van der Waals surface area contributed by atoms with Crippen LogP contribution in [0.15, 0.2) is 168 Å². The summed E-state index contributed by atoms with van der Waals surface area (Å²) < 4.78 is 38.6. The number of nitrogens with one attached hydrogen (secondary N) is 4. The first kappa shape index (κ1) is 52.9. The molecule has 0 heterocycles. The molecule has 0 aliphatic carbocycles. The van der Waals surface area contributed by atoms with E-state index in [0.717, 1.165) is 42.0 Å². The van der Waals surface area contributed by atoms with Gasteiger partial charge in [0.15, 0.2) is 30.6 Å². The van der Waals surface area contributed by atoms with Crippen LogP contribution < -0.4 is 21.3 Å². The van der Waals surface area contributed by atoms with Crippen LogP contribution in [-0.2, 0) is 28.9 Å². The van der Waals surface area contributed by atoms with E-state index in [1.54, 1.807) is 54.6 Å². The summed E-state index contributed by atoms with van der Waals surface area (Å²) in [5.74, 6) is -6.82. The molecule has 6 aromatic carbocycles. The monoisotopic (exact) mass is 1000 g/mol. The number of hydrogen-bond donors (Lipinski definition) is 4. The Morgan fingerprint density at radius 2 is 0.849 bits per heavy atom. The third kappa shape index (κ3) is 13.1. The van der Waals surface area contributed by atoms with Crippen molar-refractivity contribution < 1.29 is 61.0 Å². The Bertz CT molecular complexity index is 3430. The van der Waals surface area contributed by atoms with Crippen molar-refractivity contribution in [3.63, 3.8) is 0 Å². The quantitative estimate of drug-likeness (QED) is 0.0344. The second kappa shape index (κ2) is 23.0. The molecule has 0 bridgehead atoms. The SMILES string of the molecule is C=C(C)C(=O)COC(=O)c1ccc(S(=O)(=O)c2ccc(C(=O)OCC(=O)C(=C)C)c(C(=O)Nc3cccc(C(=O)Nc4cccc(C(=O)c5cccc(NC(=O)c6cccc(C)c6)c5)c4)c3)c2)cc1C(=O)NC. The molecule has 0 aliphatic heterocycles. The van der Waals surface area contributed by atoms with Crippen molar-refractivity contribution in [3.05, 3.63) is 208 Å². The molecule has 17 nitrogen and oxygen atoms in total. The zero-order valence-corrected chi connectivity index (χ0v) is 40.6. The Kier molecular flexibility index (Phi) is 16.7. The first-order chi connectivity index (χ1) is 34.7. The lowest BCUT2D eigenvalue weighted by Crippen LogP contribution is -2.23. The van der Waals surface area contributed by atoms with Crippen molar-refractivity contribution >= 4 is 79.8 Å². The number of rotatable bonds is 19. The van der Waals surface area contributed by atoms with Gasteiger partial charge in [-0.3, -0.25) is 33.6 Å². The molecular formula is C55H46N4O13S. The number of esters is 2. The summed E-state index contributed by atoms with van der Waals surface area (Å²) in [6, 6.07) is 31.0. The van der Waals surface area contributed by atoms with E-state index < -0.39 is 96.5 Å². The second-order valence-corrected chi connectivity index (χ2v) is 18.3. The minimum absolute atomic E-state index is 0.0173. The molecule has 370 valence electrons. The van der Waals surface area contributed by atoms with Crippen LogP contribution in [0.3, 0.4) is 0 Å². The van der Waals surface area contributed by atoms with E-state index in [0.29, 0.717) is 11.3 Å². The van der Waals surface area contributed by atoms with E-state index in [2.05, 4.69) is 34.4 Å². The maximum absolute atomic E-state index is 14.2. The molecule has 0 radical (unpaired) electrons. The molecule has 0 saturated heterocycles. The molecular weight excluding hydrogens is 957 g/mol. The van der Waals surface area contributed by atoms with Crippen molar-refractivity contribution in [1.82, 2.24) is 5.32 Å². The molecule has 4 amide bonds. The molecule has 6 rings (SSSR count). The molecule has 4 N–H and O–H groups in total. The third-order valence-corrected chi connectivity index (χ3v) is 12.6. The third-order valence-electron chi connectivity index (χ3n) is 10.8. The van der Waals surface area contributed by atoms with E-state index in [-0.39, 0.29) is 50.7 Å². The number of ether oxygens (including phenoxy) is 2. The Morgan fingerprint density at radius 3 is 1.27 bits per heavy atom. The minimum Gasteiger partial charge on any atom is -0.454 e. The predicted octanol–water partition coefficient (Wildman–Crippen LogP) is 7.78. The van der Waals surface area contributed by atoms with Gasteiger partial charge in [0.2, 0.25) is 9.84 Å². The van der Waals surface area contributed by atoms with E-state index in [1.165, 1.54) is 57.3 Å². The highest BCUT2D eigenvalue weighted by Gasteiger charge is 2.28. The number of hydrogen-bond acceptors (Lipinski definition) is 13. The minimum atomic E-state index is -4.67. The maximum Gasteiger partial charge on any atom is 0.339 e. The van der Waals surface area contributed by atoms with Gasteiger partial charge in [0.05, 0.1) is 32.0 Å². The summed E-state index contributed by atoms with van der Waals surface area (Å²) in [7, 11) is -3.43. The van der Waals surface area contributed by atoms with Crippen molar-refractivity contribution in [1.29, 1.82) is 0 Å². The molecule has 73 heavy (non-hydrogen) atoms. The number of carbonyl (C=O) groups excluding carboxylic acids is 9. The molecule has 0 aromatic heterocycles. The summed E-state index contributed by atoms with van der Waals surface area (Å²) in [6.45, 7) is 10.3. The highest BCUT2D eigenvalue weighted by molar-refractivity contribution is 7.91. The van der Waals surface area contributed by atoms with Crippen LogP contribution in [0.2, 0.25) is 0 Å². The van der Waals surface area contributed by atoms with Crippen molar-refractivity contribution in [2.75, 3.05) is 36.2 Å². The van der Waals surface area contributed by atoms with Crippen LogP contribution in [0.1, 0.15) is 97.5 Å². The molecule has 0 aliphatic rings. The van der Waals surface area contributed by atoms with Gasteiger partial charge < -0.3 is 30.7 Å². The van der Waals surface area contributed by atoms with Crippen LogP contribution in [0.25, 0.3) is 0 Å². The second-order valence-electron chi connectivity index (χ2n) is 16.4. The molecule has 0 spiro atoms. The molecule has 0 atom stereocenters. The fourth-order valence-electron chi connectivity index (χ4n) is 6.82. The lowest BCUT2D eigenvalue weighted by molar-refractivity contribution is -0.119. The van der Waals surface area contributed by atoms with E-state index in [1.807, 2.05) is 13.0 Å². The van der Waals surface area contributed by atoms with Gasteiger partial charge in [0, 0.05) is 46.4 Å². The average Bonchev–Trinajstić information content (AvgIpc) is 3.38. The van der Waals surface area contributed by atoms with Gasteiger partial charge in [-0.2, -0.15) is 0 Å². The lowest BCUT2D eigenvalue weighted by atomic mass is 10.0. The Hall–Kier alpha value is -9.42. The van der Waals surface area contributed by atoms with Gasteiger partial charge >= 0.3 is 11.9 Å². The smallest absolute Gasteiger partial charge is 0.339 e. The van der Waals surface area contributed by atoms with Gasteiger partial charge in [-0.05, 0) is 123 Å².